The lowest BCUT2D eigenvalue weighted by molar-refractivity contribution is -0.137. The van der Waals surface area contributed by atoms with Crippen molar-refractivity contribution in [1.82, 2.24) is 0 Å². The van der Waals surface area contributed by atoms with E-state index in [-0.39, 0.29) is 42.5 Å². The molecule has 2 bridgehead atoms. The highest BCUT2D eigenvalue weighted by molar-refractivity contribution is 5.89. The molecular formula is C24H28O5. The third-order valence-corrected chi connectivity index (χ3v) is 6.16. The summed E-state index contributed by atoms with van der Waals surface area (Å²) in [6.07, 6.45) is 12.3. The van der Waals surface area contributed by atoms with Crippen LogP contribution in [0, 0.1) is 11.8 Å². The number of benzene rings is 1. The number of aliphatic carboxylic acids is 1. The molecule has 4 rings (SSSR count). The van der Waals surface area contributed by atoms with Crippen LogP contribution in [0.4, 0.5) is 0 Å². The highest BCUT2D eigenvalue weighted by atomic mass is 16.7. The predicted octanol–water partition coefficient (Wildman–Crippen LogP) is 3.73. The number of unbranched alkanes of at least 4 members (excludes halogenated alkanes) is 1. The SMILES string of the molecule is O=C(O)CCC/C=C\C[C@H]1[C@@H](/C=C/C(=O)CCc2ccccc2)[C@@H]2O[C@H]1[C@@H]1O[C@@H]12. The number of allylic oxidation sites excluding steroid dienone is 3. The fourth-order valence-corrected chi connectivity index (χ4v) is 4.62. The number of carbonyl (C=O) groups is 2. The van der Waals surface area contributed by atoms with E-state index in [1.165, 1.54) is 5.56 Å². The maximum Gasteiger partial charge on any atom is 0.303 e. The van der Waals surface area contributed by atoms with E-state index in [1.54, 1.807) is 6.08 Å². The molecule has 1 aromatic rings. The highest BCUT2D eigenvalue weighted by Crippen LogP contribution is 2.55. The summed E-state index contributed by atoms with van der Waals surface area (Å²) in [5, 5.41) is 8.70. The Morgan fingerprint density at radius 1 is 0.966 bits per heavy atom. The molecule has 1 N–H and O–H groups in total. The lowest BCUT2D eigenvalue weighted by Crippen LogP contribution is -2.31. The van der Waals surface area contributed by atoms with Gasteiger partial charge in [-0.2, -0.15) is 0 Å². The fraction of sp³-hybridized carbons (Fsp3) is 0.500. The highest BCUT2D eigenvalue weighted by Gasteiger charge is 2.68. The molecule has 0 saturated carbocycles. The lowest BCUT2D eigenvalue weighted by atomic mass is 9.77. The van der Waals surface area contributed by atoms with Gasteiger partial charge in [0, 0.05) is 24.7 Å². The van der Waals surface area contributed by atoms with Crippen LogP contribution in [0.25, 0.3) is 0 Å². The Morgan fingerprint density at radius 2 is 1.72 bits per heavy atom. The van der Waals surface area contributed by atoms with E-state index < -0.39 is 5.97 Å². The van der Waals surface area contributed by atoms with E-state index in [2.05, 4.69) is 12.2 Å². The number of ether oxygens (including phenoxy) is 2. The van der Waals surface area contributed by atoms with Crippen molar-refractivity contribution in [2.75, 3.05) is 0 Å². The van der Waals surface area contributed by atoms with Gasteiger partial charge in [0.05, 0.1) is 12.2 Å². The van der Waals surface area contributed by atoms with E-state index in [0.717, 1.165) is 19.3 Å². The zero-order chi connectivity index (χ0) is 20.2. The monoisotopic (exact) mass is 396 g/mol. The standard InChI is InChI=1S/C24H28O5/c25-17(13-12-16-8-4-3-5-9-16)14-15-19-18(10-6-1-2-7-11-20(26)27)21-23-24(29-23)22(19)28-21/h1,3-6,8-9,14-15,18-19,21-24H,2,7,10-13H2,(H,26,27)/b6-1-,15-14+/t18-,19+,21+,22-,23-,24+/m0/s1. The predicted molar refractivity (Wildman–Crippen MR) is 108 cm³/mol. The van der Waals surface area contributed by atoms with Crippen LogP contribution in [0.3, 0.4) is 0 Å². The molecule has 0 aliphatic carbocycles. The third-order valence-electron chi connectivity index (χ3n) is 6.16. The molecule has 0 unspecified atom stereocenters. The van der Waals surface area contributed by atoms with Crippen molar-refractivity contribution in [3.05, 3.63) is 60.2 Å². The Morgan fingerprint density at radius 3 is 2.52 bits per heavy atom. The Kier molecular flexibility index (Phi) is 6.26. The van der Waals surface area contributed by atoms with Gasteiger partial charge in [-0.1, -0.05) is 48.6 Å². The van der Waals surface area contributed by atoms with Gasteiger partial charge in [-0.05, 0) is 37.3 Å². The number of rotatable bonds is 11. The molecule has 1 aromatic carbocycles. The average molecular weight is 396 g/mol. The molecule has 0 radical (unpaired) electrons. The van der Waals surface area contributed by atoms with E-state index in [0.29, 0.717) is 18.8 Å². The van der Waals surface area contributed by atoms with Crippen molar-refractivity contribution in [2.24, 2.45) is 11.8 Å². The second-order valence-electron chi connectivity index (χ2n) is 8.18. The molecule has 3 saturated heterocycles. The maximum atomic E-state index is 12.3. The van der Waals surface area contributed by atoms with Crippen molar-refractivity contribution >= 4 is 11.8 Å². The molecule has 0 spiro atoms. The van der Waals surface area contributed by atoms with Crippen LogP contribution in [0.2, 0.25) is 0 Å². The number of hydrogen-bond acceptors (Lipinski definition) is 4. The smallest absolute Gasteiger partial charge is 0.303 e. The van der Waals surface area contributed by atoms with Crippen LogP contribution in [0.15, 0.2) is 54.6 Å². The van der Waals surface area contributed by atoms with Gasteiger partial charge in [0.25, 0.3) is 0 Å². The molecule has 3 fully saturated rings. The first kappa shape index (κ1) is 20.0. The molecule has 5 nitrogen and oxygen atoms in total. The molecule has 3 aliphatic heterocycles. The summed E-state index contributed by atoms with van der Waals surface area (Å²) < 4.78 is 11.9. The molecule has 29 heavy (non-hydrogen) atoms. The van der Waals surface area contributed by atoms with Gasteiger partial charge < -0.3 is 14.6 Å². The summed E-state index contributed by atoms with van der Waals surface area (Å²) in [4.78, 5) is 22.9. The Hall–Kier alpha value is -2.24. The normalized spacial score (nSPS) is 32.1. The maximum absolute atomic E-state index is 12.3. The second kappa shape index (κ2) is 9.06. The third kappa shape index (κ3) is 4.85. The Balaban J connectivity index is 1.29. The van der Waals surface area contributed by atoms with Gasteiger partial charge in [-0.15, -0.1) is 0 Å². The molecule has 154 valence electrons. The van der Waals surface area contributed by atoms with Crippen LogP contribution in [-0.2, 0) is 25.5 Å². The van der Waals surface area contributed by atoms with Gasteiger partial charge in [-0.3, -0.25) is 9.59 Å². The largest absolute Gasteiger partial charge is 0.481 e. The Labute approximate surface area is 171 Å². The second-order valence-corrected chi connectivity index (χ2v) is 8.18. The van der Waals surface area contributed by atoms with Crippen LogP contribution in [0.1, 0.15) is 37.7 Å². The van der Waals surface area contributed by atoms with Crippen molar-refractivity contribution in [3.63, 3.8) is 0 Å². The minimum Gasteiger partial charge on any atom is -0.481 e. The average Bonchev–Trinajstić information content (AvgIpc) is 3.35. The fourth-order valence-electron chi connectivity index (χ4n) is 4.62. The number of carbonyl (C=O) groups excluding carboxylic acids is 1. The van der Waals surface area contributed by atoms with Crippen LogP contribution >= 0.6 is 0 Å². The zero-order valence-electron chi connectivity index (χ0n) is 16.5. The minimum absolute atomic E-state index is 0.0635. The van der Waals surface area contributed by atoms with Crippen molar-refractivity contribution in [1.29, 1.82) is 0 Å². The lowest BCUT2D eigenvalue weighted by Gasteiger charge is -2.22. The van der Waals surface area contributed by atoms with Gasteiger partial charge >= 0.3 is 5.97 Å². The summed E-state index contributed by atoms with van der Waals surface area (Å²) >= 11 is 0. The van der Waals surface area contributed by atoms with Gasteiger partial charge in [0.15, 0.2) is 5.78 Å². The minimum atomic E-state index is -0.751. The van der Waals surface area contributed by atoms with Crippen LogP contribution in [-0.4, -0.2) is 41.3 Å². The first-order chi connectivity index (χ1) is 14.1. The molecule has 0 amide bonds. The molecular weight excluding hydrogens is 368 g/mol. The van der Waals surface area contributed by atoms with Crippen LogP contribution in [0.5, 0.6) is 0 Å². The number of hydrogen-bond donors (Lipinski definition) is 1. The number of carboxylic acid groups (broad SMARTS) is 1. The number of ketones is 1. The van der Waals surface area contributed by atoms with Gasteiger partial charge in [0.1, 0.15) is 12.2 Å². The number of fused-ring (bicyclic) bond motifs is 5. The number of epoxide rings is 1. The number of aryl methyl sites for hydroxylation is 1. The van der Waals surface area contributed by atoms with E-state index in [4.69, 9.17) is 14.6 Å². The quantitative estimate of drug-likeness (QED) is 0.267. The van der Waals surface area contributed by atoms with Gasteiger partial charge in [-0.25, -0.2) is 0 Å². The molecule has 6 atom stereocenters. The van der Waals surface area contributed by atoms with Crippen molar-refractivity contribution < 1.29 is 24.2 Å². The molecule has 3 aliphatic rings. The summed E-state index contributed by atoms with van der Waals surface area (Å²) in [6, 6.07) is 10.1. The number of carboxylic acids is 1. The molecule has 0 aromatic heterocycles. The topological polar surface area (TPSA) is 76.1 Å². The van der Waals surface area contributed by atoms with E-state index >= 15 is 0 Å². The molecule has 5 heteroatoms. The van der Waals surface area contributed by atoms with E-state index in [1.807, 2.05) is 36.4 Å². The van der Waals surface area contributed by atoms with Crippen molar-refractivity contribution in [3.8, 4) is 0 Å². The van der Waals surface area contributed by atoms with Crippen LogP contribution < -0.4 is 0 Å². The van der Waals surface area contributed by atoms with E-state index in [9.17, 15) is 9.59 Å². The van der Waals surface area contributed by atoms with Gasteiger partial charge in [0.2, 0.25) is 0 Å². The summed E-state index contributed by atoms with van der Waals surface area (Å²) in [7, 11) is 0. The Bertz CT molecular complexity index is 784. The first-order valence-corrected chi connectivity index (χ1v) is 10.6. The molecule has 3 heterocycles. The first-order valence-electron chi connectivity index (χ1n) is 10.6. The summed E-state index contributed by atoms with van der Waals surface area (Å²) in [6.45, 7) is 0. The van der Waals surface area contributed by atoms with Crippen molar-refractivity contribution in [2.45, 2.75) is 62.9 Å². The zero-order valence-corrected chi connectivity index (χ0v) is 16.5. The summed E-state index contributed by atoms with van der Waals surface area (Å²) in [5.41, 5.74) is 1.18. The summed E-state index contributed by atoms with van der Waals surface area (Å²) in [5.74, 6) is -0.0856.